The molecule has 0 bridgehead atoms. The maximum Gasteiger partial charge on any atom is 0.480 e. The molecule has 1 rings (SSSR count). The Morgan fingerprint density at radius 1 is 0.913 bits per heavy atom. The Hall–Kier alpha value is -0.600. The lowest BCUT2D eigenvalue weighted by molar-refractivity contribution is -0.777. The standard InChI is InChI=1S/C7H16N.C2F6NO4S2/c1-3-4-5-8(2)6-7-8;3-1(4,5)14(10,11)9-15(12,13)2(6,7)8/h3-7H2,1-2H3;/q+1;-1. The van der Waals surface area contributed by atoms with Crippen LogP contribution < -0.4 is 0 Å². The monoisotopic (exact) mass is 394 g/mol. The van der Waals surface area contributed by atoms with E-state index in [0.29, 0.717) is 0 Å². The van der Waals surface area contributed by atoms with Crippen LogP contribution >= 0.6 is 0 Å². The molecule has 0 aromatic rings. The van der Waals surface area contributed by atoms with E-state index in [9.17, 15) is 43.2 Å². The molecule has 0 aromatic heterocycles. The smallest absolute Gasteiger partial charge is 0.421 e. The van der Waals surface area contributed by atoms with Crippen LogP contribution in [0.3, 0.4) is 0 Å². The van der Waals surface area contributed by atoms with E-state index in [1.165, 1.54) is 37.0 Å². The molecule has 0 amide bonds. The number of alkyl halides is 6. The Morgan fingerprint density at radius 2 is 1.26 bits per heavy atom. The predicted octanol–water partition coefficient (Wildman–Crippen LogP) is 2.31. The van der Waals surface area contributed by atoms with Gasteiger partial charge in [0.15, 0.2) is 20.0 Å². The lowest BCUT2D eigenvalue weighted by Crippen LogP contribution is -2.30. The van der Waals surface area contributed by atoms with Gasteiger partial charge in [0, 0.05) is 0 Å². The summed E-state index contributed by atoms with van der Waals surface area (Å²) in [6.45, 7) is 6.53. The Labute approximate surface area is 130 Å². The van der Waals surface area contributed by atoms with Crippen molar-refractivity contribution >= 4 is 20.0 Å². The summed E-state index contributed by atoms with van der Waals surface area (Å²) in [6.07, 6.45) is 2.77. The first-order valence-electron chi connectivity index (χ1n) is 6.18. The molecule has 0 radical (unpaired) electrons. The van der Waals surface area contributed by atoms with Crippen LogP contribution in [0.15, 0.2) is 0 Å². The summed E-state index contributed by atoms with van der Waals surface area (Å²) in [7, 11) is -11.1. The summed E-state index contributed by atoms with van der Waals surface area (Å²) in [5.41, 5.74) is -12.4. The van der Waals surface area contributed by atoms with Gasteiger partial charge in [-0.1, -0.05) is 13.3 Å². The van der Waals surface area contributed by atoms with E-state index in [1.807, 2.05) is 0 Å². The molecule has 140 valence electrons. The van der Waals surface area contributed by atoms with Crippen LogP contribution in [0.5, 0.6) is 0 Å². The third kappa shape index (κ3) is 7.22. The van der Waals surface area contributed by atoms with Gasteiger partial charge < -0.3 is 8.61 Å². The van der Waals surface area contributed by atoms with Gasteiger partial charge in [0.2, 0.25) is 0 Å². The van der Waals surface area contributed by atoms with Crippen molar-refractivity contribution in [3.63, 3.8) is 0 Å². The quantitative estimate of drug-likeness (QED) is 0.407. The number of hydrogen-bond donors (Lipinski definition) is 0. The minimum atomic E-state index is -6.72. The predicted molar refractivity (Wildman–Crippen MR) is 69.0 cm³/mol. The summed E-state index contributed by atoms with van der Waals surface area (Å²) in [5, 5.41) is 0. The molecule has 1 fully saturated rings. The maximum absolute atomic E-state index is 11.4. The number of nitrogens with zero attached hydrogens (tertiary/aromatic N) is 2. The van der Waals surface area contributed by atoms with Gasteiger partial charge in [-0.05, 0) is 6.42 Å². The molecule has 0 spiro atoms. The molecule has 1 aliphatic heterocycles. The Kier molecular flexibility index (Phi) is 6.92. The van der Waals surface area contributed by atoms with E-state index in [0.717, 1.165) is 4.13 Å². The lowest BCUT2D eigenvalue weighted by Gasteiger charge is -2.22. The van der Waals surface area contributed by atoms with E-state index in [1.54, 1.807) is 0 Å². The molecule has 1 heterocycles. The molecular weight excluding hydrogens is 378 g/mol. The molecule has 0 N–H and O–H groups in total. The SMILES string of the molecule is CCCC[N+]1(C)CC1.O=S(=O)([N-]S(=O)(=O)C(F)(F)F)C(F)(F)F. The van der Waals surface area contributed by atoms with Crippen LogP contribution in [0.2, 0.25) is 0 Å². The fourth-order valence-corrected chi connectivity index (χ4v) is 2.86. The van der Waals surface area contributed by atoms with Crippen LogP contribution in [0, 0.1) is 0 Å². The third-order valence-corrected chi connectivity index (χ3v) is 5.56. The Balaban J connectivity index is 0.000000502. The van der Waals surface area contributed by atoms with E-state index in [2.05, 4.69) is 14.0 Å². The van der Waals surface area contributed by atoms with Crippen molar-refractivity contribution < 1.29 is 47.7 Å². The van der Waals surface area contributed by atoms with E-state index in [4.69, 9.17) is 0 Å². The number of rotatable bonds is 5. The van der Waals surface area contributed by atoms with Crippen LogP contribution in [-0.4, -0.2) is 59.0 Å². The molecule has 0 aliphatic carbocycles. The molecule has 0 unspecified atom stereocenters. The molecule has 1 aliphatic rings. The van der Waals surface area contributed by atoms with Crippen LogP contribution in [0.1, 0.15) is 19.8 Å². The van der Waals surface area contributed by atoms with Crippen molar-refractivity contribution in [1.29, 1.82) is 0 Å². The highest BCUT2D eigenvalue weighted by Crippen LogP contribution is 2.36. The summed E-state index contributed by atoms with van der Waals surface area (Å²) in [5.74, 6) is 0. The summed E-state index contributed by atoms with van der Waals surface area (Å²) in [4.78, 5) is 0. The van der Waals surface area contributed by atoms with Crippen molar-refractivity contribution in [3.8, 4) is 0 Å². The van der Waals surface area contributed by atoms with Crippen LogP contribution in [0.25, 0.3) is 4.13 Å². The highest BCUT2D eigenvalue weighted by molar-refractivity contribution is 8.13. The molecule has 0 saturated carbocycles. The first-order chi connectivity index (χ1) is 9.97. The first-order valence-corrected chi connectivity index (χ1v) is 9.06. The highest BCUT2D eigenvalue weighted by atomic mass is 32.3. The zero-order chi connectivity index (χ0) is 18.7. The van der Waals surface area contributed by atoms with Gasteiger partial charge in [-0.2, -0.15) is 26.3 Å². The van der Waals surface area contributed by atoms with Gasteiger partial charge in [-0.25, -0.2) is 16.8 Å². The normalized spacial score (nSPS) is 18.1. The topological polar surface area (TPSA) is 82.4 Å². The summed E-state index contributed by atoms with van der Waals surface area (Å²) in [6, 6.07) is 0. The lowest BCUT2D eigenvalue weighted by atomic mass is 10.3. The van der Waals surface area contributed by atoms with Gasteiger partial charge >= 0.3 is 11.0 Å². The Morgan fingerprint density at radius 3 is 1.48 bits per heavy atom. The van der Waals surface area contributed by atoms with Crippen molar-refractivity contribution in [2.45, 2.75) is 30.8 Å². The van der Waals surface area contributed by atoms with Crippen molar-refractivity contribution in [2.75, 3.05) is 26.7 Å². The largest absolute Gasteiger partial charge is 0.480 e. The van der Waals surface area contributed by atoms with E-state index < -0.39 is 31.1 Å². The molecule has 23 heavy (non-hydrogen) atoms. The zero-order valence-corrected chi connectivity index (χ0v) is 13.8. The summed E-state index contributed by atoms with van der Waals surface area (Å²) >= 11 is 0. The number of sulfonamides is 2. The highest BCUT2D eigenvalue weighted by Gasteiger charge is 2.46. The van der Waals surface area contributed by atoms with E-state index in [-0.39, 0.29) is 0 Å². The second-order valence-electron chi connectivity index (χ2n) is 5.06. The van der Waals surface area contributed by atoms with Gasteiger partial charge in [0.25, 0.3) is 0 Å². The van der Waals surface area contributed by atoms with E-state index >= 15 is 0 Å². The fourth-order valence-electron chi connectivity index (χ4n) is 1.15. The van der Waals surface area contributed by atoms with Crippen LogP contribution in [0.4, 0.5) is 26.3 Å². The van der Waals surface area contributed by atoms with Gasteiger partial charge in [-0.3, -0.25) is 0 Å². The van der Waals surface area contributed by atoms with Gasteiger partial charge in [0.1, 0.15) is 13.1 Å². The molecule has 0 atom stereocenters. The fraction of sp³-hybridized carbons (Fsp3) is 1.00. The minimum absolute atomic E-state index is 0.778. The minimum Gasteiger partial charge on any atom is -0.421 e. The molecular formula is C9H16F6N2O4S2. The maximum atomic E-state index is 11.4. The zero-order valence-electron chi connectivity index (χ0n) is 12.1. The molecule has 1 saturated heterocycles. The number of unbranched alkanes of at least 4 members (excludes halogenated alkanes) is 1. The first kappa shape index (κ1) is 22.4. The molecule has 6 nitrogen and oxygen atoms in total. The number of hydrogen-bond acceptors (Lipinski definition) is 4. The van der Waals surface area contributed by atoms with Crippen molar-refractivity contribution in [2.24, 2.45) is 0 Å². The third-order valence-electron chi connectivity index (χ3n) is 2.82. The van der Waals surface area contributed by atoms with Gasteiger partial charge in [-0.15, -0.1) is 0 Å². The average molecular weight is 394 g/mol. The number of likely N-dealkylation sites (N-methyl/N-ethyl adjacent to an activating group) is 1. The number of halogens is 6. The average Bonchev–Trinajstić information content (AvgIpc) is 3.02. The van der Waals surface area contributed by atoms with Crippen molar-refractivity contribution in [3.05, 3.63) is 4.13 Å². The molecule has 14 heteroatoms. The second kappa shape index (κ2) is 7.11. The Bertz CT molecular complexity index is 551. The molecule has 0 aromatic carbocycles. The number of quaternary nitrogens is 1. The van der Waals surface area contributed by atoms with Crippen LogP contribution in [-0.2, 0) is 20.0 Å². The van der Waals surface area contributed by atoms with Crippen molar-refractivity contribution in [1.82, 2.24) is 0 Å². The van der Waals surface area contributed by atoms with Gasteiger partial charge in [0.05, 0.1) is 13.6 Å². The second-order valence-corrected chi connectivity index (χ2v) is 8.48. The summed E-state index contributed by atoms with van der Waals surface area (Å²) < 4.78 is 111.